The van der Waals surface area contributed by atoms with Crippen molar-refractivity contribution in [2.45, 2.75) is 61.7 Å². The molecule has 1 aliphatic heterocycles. The van der Waals surface area contributed by atoms with Crippen LogP contribution < -0.4 is 9.47 Å². The number of hydrogen-bond acceptors (Lipinski definition) is 7. The van der Waals surface area contributed by atoms with Gasteiger partial charge in [0.05, 0.1) is 20.1 Å². The summed E-state index contributed by atoms with van der Waals surface area (Å²) < 4.78 is 44.8. The molecule has 0 bridgehead atoms. The second-order valence-corrected chi connectivity index (χ2v) is 9.94. The minimum atomic E-state index is -3.75. The number of hydrogen-bond donors (Lipinski definition) is 0. The van der Waals surface area contributed by atoms with Gasteiger partial charge in [0.1, 0.15) is 16.4 Å². The highest BCUT2D eigenvalue weighted by Crippen LogP contribution is 2.36. The van der Waals surface area contributed by atoms with Gasteiger partial charge < -0.3 is 13.9 Å². The van der Waals surface area contributed by atoms with E-state index in [-0.39, 0.29) is 10.8 Å². The highest BCUT2D eigenvalue weighted by Gasteiger charge is 2.35. The zero-order valence-electron chi connectivity index (χ0n) is 17.5. The van der Waals surface area contributed by atoms with Crippen molar-refractivity contribution in [2.75, 3.05) is 27.3 Å². The number of methoxy groups -OCH3 is 2. The summed E-state index contributed by atoms with van der Waals surface area (Å²) in [4.78, 5) is 0.110. The Balaban J connectivity index is 1.55. The van der Waals surface area contributed by atoms with Crippen LogP contribution in [0, 0.1) is 0 Å². The maximum absolute atomic E-state index is 13.4. The van der Waals surface area contributed by atoms with Gasteiger partial charge in [0.25, 0.3) is 0 Å². The lowest BCUT2D eigenvalue weighted by Crippen LogP contribution is -2.39. The van der Waals surface area contributed by atoms with Gasteiger partial charge in [0.15, 0.2) is 0 Å². The fraction of sp³-hybridized carbons (Fsp3) is 0.619. The molecule has 4 rings (SSSR count). The molecule has 2 fully saturated rings. The van der Waals surface area contributed by atoms with Gasteiger partial charge in [-0.25, -0.2) is 8.42 Å². The largest absolute Gasteiger partial charge is 0.497 e. The van der Waals surface area contributed by atoms with Crippen LogP contribution in [-0.2, 0) is 10.0 Å². The number of nitrogens with zero attached hydrogens (tertiary/aromatic N) is 3. The van der Waals surface area contributed by atoms with E-state index < -0.39 is 10.0 Å². The molecule has 1 aromatic heterocycles. The first-order valence-electron chi connectivity index (χ1n) is 10.6. The number of aromatic nitrogens is 2. The van der Waals surface area contributed by atoms with E-state index in [0.29, 0.717) is 42.3 Å². The van der Waals surface area contributed by atoms with Crippen LogP contribution in [-0.4, -0.2) is 50.2 Å². The Bertz CT molecular complexity index is 969. The third-order valence-electron chi connectivity index (χ3n) is 6.13. The lowest BCUT2D eigenvalue weighted by atomic mass is 9.89. The fourth-order valence-corrected chi connectivity index (χ4v) is 6.11. The predicted octanol–water partition coefficient (Wildman–Crippen LogP) is 3.70. The van der Waals surface area contributed by atoms with Crippen molar-refractivity contribution in [3.05, 3.63) is 30.0 Å². The number of rotatable bonds is 6. The minimum Gasteiger partial charge on any atom is -0.497 e. The van der Waals surface area contributed by atoms with Crippen LogP contribution in [0.4, 0.5) is 0 Å². The zero-order chi connectivity index (χ0) is 21.1. The van der Waals surface area contributed by atoms with Gasteiger partial charge in [-0.15, -0.1) is 10.2 Å². The number of ether oxygens (including phenoxy) is 2. The van der Waals surface area contributed by atoms with Gasteiger partial charge in [0.2, 0.25) is 21.8 Å². The van der Waals surface area contributed by atoms with Gasteiger partial charge in [0, 0.05) is 25.1 Å². The topological polar surface area (TPSA) is 94.8 Å². The van der Waals surface area contributed by atoms with E-state index in [4.69, 9.17) is 13.9 Å². The molecule has 164 valence electrons. The van der Waals surface area contributed by atoms with E-state index in [0.717, 1.165) is 25.7 Å². The smallest absolute Gasteiger partial charge is 0.246 e. The molecule has 0 amide bonds. The van der Waals surface area contributed by atoms with Gasteiger partial charge in [-0.2, -0.15) is 4.31 Å². The summed E-state index contributed by atoms with van der Waals surface area (Å²) in [6.07, 6.45) is 7.39. The molecule has 30 heavy (non-hydrogen) atoms. The van der Waals surface area contributed by atoms with Crippen LogP contribution >= 0.6 is 0 Å². The van der Waals surface area contributed by atoms with E-state index in [1.54, 1.807) is 12.1 Å². The number of sulfonamides is 1. The van der Waals surface area contributed by atoms with E-state index in [9.17, 15) is 8.42 Å². The predicted molar refractivity (Wildman–Crippen MR) is 110 cm³/mol. The van der Waals surface area contributed by atoms with Gasteiger partial charge in [-0.3, -0.25) is 0 Å². The Hall–Kier alpha value is -2.13. The molecular formula is C21H29N3O5S. The van der Waals surface area contributed by atoms with Crippen molar-refractivity contribution in [3.8, 4) is 11.5 Å². The van der Waals surface area contributed by atoms with Crippen molar-refractivity contribution in [1.29, 1.82) is 0 Å². The Kier molecular flexibility index (Phi) is 6.29. The maximum atomic E-state index is 13.4. The SMILES string of the molecule is COc1ccc(OC)c(S(=O)(=O)N2CCCC(c3nnc(C4CCCCC4)o3)C2)c1. The first-order chi connectivity index (χ1) is 14.5. The minimum absolute atomic E-state index is 0.102. The monoisotopic (exact) mass is 435 g/mol. The molecule has 1 aromatic carbocycles. The first-order valence-corrected chi connectivity index (χ1v) is 12.0. The average molecular weight is 436 g/mol. The van der Waals surface area contributed by atoms with Crippen molar-refractivity contribution >= 4 is 10.0 Å². The highest BCUT2D eigenvalue weighted by molar-refractivity contribution is 7.89. The van der Waals surface area contributed by atoms with Crippen molar-refractivity contribution < 1.29 is 22.3 Å². The standard InChI is InChI=1S/C21H29N3O5S/c1-27-17-10-11-18(28-2)19(13-17)30(25,26)24-12-6-9-16(14-24)21-23-22-20(29-21)15-7-4-3-5-8-15/h10-11,13,15-16H,3-9,12,14H2,1-2H3. The van der Waals surface area contributed by atoms with Crippen LogP contribution in [0.5, 0.6) is 11.5 Å². The van der Waals surface area contributed by atoms with E-state index in [1.807, 2.05) is 0 Å². The van der Waals surface area contributed by atoms with Gasteiger partial charge in [-0.05, 0) is 37.8 Å². The highest BCUT2D eigenvalue weighted by atomic mass is 32.2. The molecule has 1 saturated carbocycles. The van der Waals surface area contributed by atoms with Gasteiger partial charge >= 0.3 is 0 Å². The molecule has 0 N–H and O–H groups in total. The van der Waals surface area contributed by atoms with Crippen molar-refractivity contribution in [1.82, 2.24) is 14.5 Å². The summed E-state index contributed by atoms with van der Waals surface area (Å²) in [5.41, 5.74) is 0. The van der Waals surface area contributed by atoms with E-state index in [1.165, 1.54) is 43.9 Å². The van der Waals surface area contributed by atoms with Crippen LogP contribution in [0.25, 0.3) is 0 Å². The summed E-state index contributed by atoms with van der Waals surface area (Å²) in [6.45, 7) is 0.762. The van der Waals surface area contributed by atoms with E-state index >= 15 is 0 Å². The Morgan fingerprint density at radius 3 is 2.37 bits per heavy atom. The summed E-state index contributed by atoms with van der Waals surface area (Å²) in [7, 11) is -0.782. The quantitative estimate of drug-likeness (QED) is 0.683. The zero-order valence-corrected chi connectivity index (χ0v) is 18.4. The molecule has 0 spiro atoms. The van der Waals surface area contributed by atoms with Crippen LogP contribution in [0.1, 0.15) is 68.6 Å². The molecule has 1 saturated heterocycles. The lowest BCUT2D eigenvalue weighted by Gasteiger charge is -2.30. The molecule has 2 heterocycles. The van der Waals surface area contributed by atoms with Crippen molar-refractivity contribution in [3.63, 3.8) is 0 Å². The Labute approximate surface area is 177 Å². The number of piperidine rings is 1. The van der Waals surface area contributed by atoms with Crippen LogP contribution in [0.15, 0.2) is 27.5 Å². The third kappa shape index (κ3) is 4.18. The number of benzene rings is 1. The molecule has 9 heteroatoms. The third-order valence-corrected chi connectivity index (χ3v) is 8.02. The average Bonchev–Trinajstić information content (AvgIpc) is 3.30. The van der Waals surface area contributed by atoms with Crippen LogP contribution in [0.3, 0.4) is 0 Å². The summed E-state index contributed by atoms with van der Waals surface area (Å²) in [5.74, 6) is 2.26. The second kappa shape index (κ2) is 8.93. The normalized spacial score (nSPS) is 21.5. The molecule has 0 radical (unpaired) electrons. The molecule has 8 nitrogen and oxygen atoms in total. The molecule has 1 aliphatic carbocycles. The molecule has 2 aliphatic rings. The van der Waals surface area contributed by atoms with Crippen molar-refractivity contribution in [2.24, 2.45) is 0 Å². The maximum Gasteiger partial charge on any atom is 0.246 e. The summed E-state index contributed by atoms with van der Waals surface area (Å²) >= 11 is 0. The Morgan fingerprint density at radius 1 is 0.967 bits per heavy atom. The molecule has 1 unspecified atom stereocenters. The fourth-order valence-electron chi connectivity index (χ4n) is 4.41. The lowest BCUT2D eigenvalue weighted by molar-refractivity contribution is 0.272. The summed E-state index contributed by atoms with van der Waals surface area (Å²) in [6, 6.07) is 4.80. The molecule has 1 atom stereocenters. The van der Waals surface area contributed by atoms with E-state index in [2.05, 4.69) is 10.2 Å². The first kappa shape index (κ1) is 21.1. The van der Waals surface area contributed by atoms with Gasteiger partial charge in [-0.1, -0.05) is 19.3 Å². The second-order valence-electron chi connectivity index (χ2n) is 8.03. The summed E-state index contributed by atoms with van der Waals surface area (Å²) in [5, 5.41) is 8.57. The molecular weight excluding hydrogens is 406 g/mol. The Morgan fingerprint density at radius 2 is 1.67 bits per heavy atom. The molecule has 2 aromatic rings. The van der Waals surface area contributed by atoms with Crippen LogP contribution in [0.2, 0.25) is 0 Å².